The van der Waals surface area contributed by atoms with Gasteiger partial charge in [0.1, 0.15) is 0 Å². The zero-order valence-corrected chi connectivity index (χ0v) is 10.7. The van der Waals surface area contributed by atoms with Crippen molar-refractivity contribution in [2.45, 2.75) is 6.42 Å². The van der Waals surface area contributed by atoms with Gasteiger partial charge in [0.2, 0.25) is 0 Å². The second-order valence-electron chi connectivity index (χ2n) is 4.09. The normalized spacial score (nSPS) is 11.0. The van der Waals surface area contributed by atoms with Crippen LogP contribution in [0.15, 0.2) is 42.5 Å². The topological polar surface area (TPSA) is 66.4 Å². The first-order valence-electron chi connectivity index (χ1n) is 5.73. The van der Waals surface area contributed by atoms with Crippen LogP contribution < -0.4 is 5.32 Å². The number of rotatable bonds is 5. The van der Waals surface area contributed by atoms with E-state index in [2.05, 4.69) is 5.32 Å². The van der Waals surface area contributed by atoms with Gasteiger partial charge in [-0.05, 0) is 17.9 Å². The molecule has 4 nitrogen and oxygen atoms in total. The summed E-state index contributed by atoms with van der Waals surface area (Å²) in [4.78, 5) is 0. The predicted octanol–water partition coefficient (Wildman–Crippen LogP) is 1.88. The average molecular weight is 289 g/mol. The Morgan fingerprint density at radius 1 is 1.05 bits per heavy atom. The molecule has 0 radical (unpaired) electrons. The van der Waals surface area contributed by atoms with Gasteiger partial charge in [0.05, 0.1) is 5.75 Å². The van der Waals surface area contributed by atoms with E-state index in [-0.39, 0.29) is 35.3 Å². The van der Waals surface area contributed by atoms with E-state index in [4.69, 9.17) is 4.55 Å². The van der Waals surface area contributed by atoms with E-state index < -0.39 is 10.1 Å². The minimum atomic E-state index is -3.86. The molecule has 0 spiro atoms. The van der Waals surface area contributed by atoms with Crippen molar-refractivity contribution < 1.29 is 13.0 Å². The first-order valence-corrected chi connectivity index (χ1v) is 7.34. The minimum absolute atomic E-state index is 0. The zero-order chi connectivity index (χ0) is 13.0. The van der Waals surface area contributed by atoms with E-state index in [1.807, 2.05) is 42.5 Å². The molecule has 0 heterocycles. The second-order valence-corrected chi connectivity index (χ2v) is 5.67. The molecule has 0 saturated carbocycles. The molecule has 2 N–H and O–H groups in total. The van der Waals surface area contributed by atoms with E-state index in [0.717, 1.165) is 16.5 Å². The molecule has 0 aliphatic carbocycles. The molecule has 98 valence electrons. The molecular weight excluding hydrogens is 273 g/mol. The van der Waals surface area contributed by atoms with E-state index >= 15 is 0 Å². The van der Waals surface area contributed by atoms with Gasteiger partial charge >= 0.3 is 29.6 Å². The molecular formula is C13H16NNaO3S. The van der Waals surface area contributed by atoms with Gasteiger partial charge in [-0.15, -0.1) is 0 Å². The quantitative estimate of drug-likeness (QED) is 0.501. The molecule has 6 heteroatoms. The Balaban J connectivity index is 0.00000180. The Morgan fingerprint density at radius 2 is 1.74 bits per heavy atom. The van der Waals surface area contributed by atoms with Crippen LogP contribution in [0.4, 0.5) is 5.69 Å². The number of fused-ring (bicyclic) bond motifs is 1. The van der Waals surface area contributed by atoms with Crippen LogP contribution in [0.1, 0.15) is 6.42 Å². The maximum atomic E-state index is 10.6. The molecule has 0 atom stereocenters. The summed E-state index contributed by atoms with van der Waals surface area (Å²) < 4.78 is 29.8. The summed E-state index contributed by atoms with van der Waals surface area (Å²) in [6.45, 7) is 0.508. The predicted molar refractivity (Wildman–Crippen MR) is 80.6 cm³/mol. The third-order valence-corrected chi connectivity index (χ3v) is 3.49. The Labute approximate surface area is 135 Å². The SMILES string of the molecule is O=S(=O)(O)CCCNc1cccc2ccccc12.[NaH]. The molecule has 2 aromatic rings. The fourth-order valence-electron chi connectivity index (χ4n) is 1.86. The molecule has 0 amide bonds. The van der Waals surface area contributed by atoms with Crippen molar-refractivity contribution in [3.63, 3.8) is 0 Å². The summed E-state index contributed by atoms with van der Waals surface area (Å²) in [5.74, 6) is -0.217. The molecule has 0 saturated heterocycles. The number of nitrogens with one attached hydrogen (secondary N) is 1. The fourth-order valence-corrected chi connectivity index (χ4v) is 2.37. The number of benzene rings is 2. The van der Waals surface area contributed by atoms with Crippen LogP contribution in [0.5, 0.6) is 0 Å². The molecule has 0 fully saturated rings. The maximum absolute atomic E-state index is 10.6. The van der Waals surface area contributed by atoms with Gasteiger partial charge in [-0.2, -0.15) is 8.42 Å². The van der Waals surface area contributed by atoms with Crippen LogP contribution in [0, 0.1) is 0 Å². The van der Waals surface area contributed by atoms with Gasteiger partial charge in [-0.25, -0.2) is 0 Å². The first-order chi connectivity index (χ1) is 8.56. The van der Waals surface area contributed by atoms with E-state index in [9.17, 15) is 8.42 Å². The fraction of sp³-hybridized carbons (Fsp3) is 0.231. The molecule has 19 heavy (non-hydrogen) atoms. The van der Waals surface area contributed by atoms with Crippen molar-refractivity contribution in [3.8, 4) is 0 Å². The van der Waals surface area contributed by atoms with Crippen LogP contribution in [0.2, 0.25) is 0 Å². The number of anilines is 1. The van der Waals surface area contributed by atoms with Gasteiger partial charge in [0, 0.05) is 17.6 Å². The summed E-state index contributed by atoms with van der Waals surface area (Å²) in [5.41, 5.74) is 0.975. The van der Waals surface area contributed by atoms with Crippen LogP contribution in [-0.2, 0) is 10.1 Å². The Kier molecular flexibility index (Phi) is 6.29. The van der Waals surface area contributed by atoms with E-state index in [0.29, 0.717) is 13.0 Å². The molecule has 0 aliphatic rings. The first kappa shape index (κ1) is 16.5. The van der Waals surface area contributed by atoms with E-state index in [1.54, 1.807) is 0 Å². The number of hydrogen-bond acceptors (Lipinski definition) is 3. The molecule has 0 unspecified atom stereocenters. The van der Waals surface area contributed by atoms with Gasteiger partial charge in [-0.1, -0.05) is 36.4 Å². The second kappa shape index (κ2) is 7.26. The summed E-state index contributed by atoms with van der Waals surface area (Å²) in [7, 11) is -3.86. The van der Waals surface area contributed by atoms with Crippen molar-refractivity contribution in [2.24, 2.45) is 0 Å². The average Bonchev–Trinajstić information content (AvgIpc) is 2.33. The van der Waals surface area contributed by atoms with Crippen LogP contribution in [-0.4, -0.2) is 54.8 Å². The molecule has 2 aromatic carbocycles. The summed E-state index contributed by atoms with van der Waals surface area (Å²) >= 11 is 0. The van der Waals surface area contributed by atoms with Crippen molar-refractivity contribution in [2.75, 3.05) is 17.6 Å². The van der Waals surface area contributed by atoms with Crippen molar-refractivity contribution in [1.82, 2.24) is 0 Å². The Hall–Kier alpha value is -0.590. The van der Waals surface area contributed by atoms with Gasteiger partial charge < -0.3 is 5.32 Å². The third-order valence-electron chi connectivity index (χ3n) is 2.68. The monoisotopic (exact) mass is 289 g/mol. The van der Waals surface area contributed by atoms with Crippen molar-refractivity contribution in [1.29, 1.82) is 0 Å². The van der Waals surface area contributed by atoms with Crippen molar-refractivity contribution >= 4 is 56.1 Å². The van der Waals surface area contributed by atoms with Gasteiger partial charge in [0.25, 0.3) is 10.1 Å². The van der Waals surface area contributed by atoms with Crippen LogP contribution >= 0.6 is 0 Å². The molecule has 0 aromatic heterocycles. The van der Waals surface area contributed by atoms with Crippen LogP contribution in [0.3, 0.4) is 0 Å². The summed E-state index contributed by atoms with van der Waals surface area (Å²) in [5, 5.41) is 5.42. The van der Waals surface area contributed by atoms with Gasteiger partial charge in [-0.3, -0.25) is 4.55 Å². The van der Waals surface area contributed by atoms with E-state index in [1.165, 1.54) is 0 Å². The summed E-state index contributed by atoms with van der Waals surface area (Å²) in [6, 6.07) is 13.9. The zero-order valence-electron chi connectivity index (χ0n) is 9.83. The molecule has 0 aliphatic heterocycles. The standard InChI is InChI=1S/C13H15NO3S.Na.H/c15-18(16,17)10-4-9-14-13-8-3-6-11-5-1-2-7-12(11)13;;/h1-3,5-8,14H,4,9-10H2,(H,15,16,17);;. The van der Waals surface area contributed by atoms with Gasteiger partial charge in [0.15, 0.2) is 0 Å². The summed E-state index contributed by atoms with van der Waals surface area (Å²) in [6.07, 6.45) is 0.377. The molecule has 2 rings (SSSR count). The van der Waals surface area contributed by atoms with Crippen LogP contribution in [0.25, 0.3) is 10.8 Å². The molecule has 0 bridgehead atoms. The third kappa shape index (κ3) is 5.12. The van der Waals surface area contributed by atoms with Crippen molar-refractivity contribution in [3.05, 3.63) is 42.5 Å². The Bertz CT molecular complexity index is 638. The Morgan fingerprint density at radius 3 is 2.47 bits per heavy atom. The number of hydrogen-bond donors (Lipinski definition) is 2.